The van der Waals surface area contributed by atoms with Crippen LogP contribution < -0.4 is 15.4 Å². The van der Waals surface area contributed by atoms with E-state index < -0.39 is 0 Å². The molecule has 0 saturated heterocycles. The topological polar surface area (TPSA) is 75.1 Å². The van der Waals surface area contributed by atoms with Crippen LogP contribution in [0.2, 0.25) is 0 Å². The molecule has 37 heavy (non-hydrogen) atoms. The van der Waals surface area contributed by atoms with Gasteiger partial charge in [-0.2, -0.15) is 0 Å². The third kappa shape index (κ3) is 7.62. The van der Waals surface area contributed by atoms with Crippen LogP contribution in [-0.2, 0) is 0 Å². The maximum atomic E-state index is 14.5. The molecule has 1 fully saturated rings. The predicted octanol–water partition coefficient (Wildman–Crippen LogP) is 7.07. The summed E-state index contributed by atoms with van der Waals surface area (Å²) in [6, 6.07) is 11.1. The van der Waals surface area contributed by atoms with E-state index in [1.165, 1.54) is 26.4 Å². The van der Waals surface area contributed by atoms with Crippen LogP contribution in [0, 0.1) is 12.7 Å². The Balaban J connectivity index is 1.74. The number of amides is 1. The number of allylic oxidation sites excluding steroid dienone is 2. The lowest BCUT2D eigenvalue weighted by atomic mass is 9.95. The van der Waals surface area contributed by atoms with Crippen molar-refractivity contribution in [2.24, 2.45) is 9.98 Å². The van der Waals surface area contributed by atoms with Gasteiger partial charge in [0.25, 0.3) is 5.91 Å². The molecule has 2 N–H and O–H groups in total. The van der Waals surface area contributed by atoms with E-state index in [2.05, 4.69) is 20.6 Å². The number of methoxy groups -OCH3 is 1. The molecule has 0 aromatic heterocycles. The van der Waals surface area contributed by atoms with Gasteiger partial charge in [0.2, 0.25) is 0 Å². The van der Waals surface area contributed by atoms with E-state index in [4.69, 9.17) is 4.74 Å². The second-order valence-electron chi connectivity index (χ2n) is 9.25. The Bertz CT molecular complexity index is 1210. The number of amidine groups is 1. The average molecular weight is 505 g/mol. The summed E-state index contributed by atoms with van der Waals surface area (Å²) in [5.74, 6) is 0.376. The molecule has 0 radical (unpaired) electrons. The summed E-state index contributed by atoms with van der Waals surface area (Å²) in [4.78, 5) is 21.7. The van der Waals surface area contributed by atoms with Crippen LogP contribution in [-0.4, -0.2) is 30.6 Å². The minimum Gasteiger partial charge on any atom is -0.494 e. The van der Waals surface area contributed by atoms with Crippen molar-refractivity contribution in [2.75, 3.05) is 12.4 Å². The van der Waals surface area contributed by atoms with Gasteiger partial charge in [-0.1, -0.05) is 31.4 Å². The van der Waals surface area contributed by atoms with E-state index in [1.54, 1.807) is 25.4 Å². The molecule has 1 aliphatic rings. The smallest absolute Gasteiger partial charge is 0.251 e. The van der Waals surface area contributed by atoms with Gasteiger partial charge in [0, 0.05) is 29.7 Å². The quantitative estimate of drug-likeness (QED) is 0.298. The van der Waals surface area contributed by atoms with Crippen molar-refractivity contribution in [3.8, 4) is 5.75 Å². The number of carbonyl (C=O) groups is 1. The van der Waals surface area contributed by atoms with Crippen molar-refractivity contribution < 1.29 is 13.9 Å². The largest absolute Gasteiger partial charge is 0.494 e. The predicted molar refractivity (Wildman–Crippen MR) is 151 cm³/mol. The van der Waals surface area contributed by atoms with Crippen LogP contribution in [0.3, 0.4) is 0 Å². The number of anilines is 1. The first-order chi connectivity index (χ1) is 17.8. The summed E-state index contributed by atoms with van der Waals surface area (Å²) in [6.07, 6.45) is 10.9. The van der Waals surface area contributed by atoms with E-state index in [1.807, 2.05) is 57.2 Å². The van der Waals surface area contributed by atoms with Crippen molar-refractivity contribution in [3.63, 3.8) is 0 Å². The number of hydrogen-bond donors (Lipinski definition) is 2. The molecule has 3 rings (SSSR count). The highest BCUT2D eigenvalue weighted by Crippen LogP contribution is 2.27. The molecule has 7 heteroatoms. The lowest BCUT2D eigenvalue weighted by Gasteiger charge is -2.22. The van der Waals surface area contributed by atoms with Crippen LogP contribution in [0.25, 0.3) is 5.57 Å². The summed E-state index contributed by atoms with van der Waals surface area (Å²) in [6.45, 7) is 7.35. The molecule has 2 aromatic carbocycles. The van der Waals surface area contributed by atoms with Gasteiger partial charge in [-0.05, 0) is 87.6 Å². The Hall–Kier alpha value is -3.74. The summed E-state index contributed by atoms with van der Waals surface area (Å²) >= 11 is 0. The molecule has 0 heterocycles. The molecule has 1 amide bonds. The van der Waals surface area contributed by atoms with Gasteiger partial charge in [0.15, 0.2) is 17.4 Å². The molecule has 0 unspecified atom stereocenters. The van der Waals surface area contributed by atoms with Crippen LogP contribution in [0.1, 0.15) is 74.4 Å². The second kappa shape index (κ2) is 13.5. The Morgan fingerprint density at radius 1 is 1.05 bits per heavy atom. The highest BCUT2D eigenvalue weighted by molar-refractivity contribution is 6.45. The average Bonchev–Trinajstić information content (AvgIpc) is 2.91. The zero-order chi connectivity index (χ0) is 26.8. The van der Waals surface area contributed by atoms with E-state index in [9.17, 15) is 9.18 Å². The van der Waals surface area contributed by atoms with Gasteiger partial charge in [0.05, 0.1) is 12.8 Å². The Morgan fingerprint density at radius 2 is 1.76 bits per heavy atom. The molecule has 1 aliphatic carbocycles. The molecule has 6 nitrogen and oxygen atoms in total. The molecule has 1 saturated carbocycles. The molecule has 0 aliphatic heterocycles. The van der Waals surface area contributed by atoms with Crippen molar-refractivity contribution in [1.82, 2.24) is 5.32 Å². The number of halogens is 1. The molecule has 196 valence electrons. The molecular weight excluding hydrogens is 467 g/mol. The Labute approximate surface area is 219 Å². The minimum atomic E-state index is -0.374. The number of ether oxygens (including phenoxy) is 1. The fourth-order valence-electron chi connectivity index (χ4n) is 4.29. The monoisotopic (exact) mass is 504 g/mol. The molecule has 0 bridgehead atoms. The first kappa shape index (κ1) is 27.8. The number of nitrogens with zero attached hydrogens (tertiary/aromatic N) is 2. The fraction of sp³-hybridized carbons (Fsp3) is 0.367. The van der Waals surface area contributed by atoms with E-state index >= 15 is 0 Å². The molecule has 2 aromatic rings. The van der Waals surface area contributed by atoms with Crippen LogP contribution in [0.4, 0.5) is 10.1 Å². The zero-order valence-corrected chi connectivity index (χ0v) is 22.4. The molecule has 0 spiro atoms. The van der Waals surface area contributed by atoms with E-state index in [0.29, 0.717) is 22.7 Å². The van der Waals surface area contributed by atoms with Gasteiger partial charge >= 0.3 is 0 Å². The van der Waals surface area contributed by atoms with Crippen molar-refractivity contribution in [1.29, 1.82) is 0 Å². The standard InChI is InChI=1S/C30H37FN4O2/c1-6-18-32-29(22(4)33-19-20(2)26-16-17-27(37-5)28(31)21(26)3)34-25-14-12-23(13-15-25)30(36)35-24-10-8-7-9-11-24/h6,12-19,24H,7-11H2,1-5H3,(H,32,34)(H,35,36)/b18-6-,20-19+,33-22+. The maximum Gasteiger partial charge on any atom is 0.251 e. The second-order valence-corrected chi connectivity index (χ2v) is 9.25. The highest BCUT2D eigenvalue weighted by Gasteiger charge is 2.17. The van der Waals surface area contributed by atoms with Crippen molar-refractivity contribution in [3.05, 3.63) is 77.4 Å². The first-order valence-electron chi connectivity index (χ1n) is 12.8. The number of benzene rings is 2. The minimum absolute atomic E-state index is 0.0372. The third-order valence-corrected chi connectivity index (χ3v) is 6.49. The summed E-state index contributed by atoms with van der Waals surface area (Å²) in [5, 5.41) is 6.44. The van der Waals surface area contributed by atoms with Gasteiger partial charge in [0.1, 0.15) is 0 Å². The lowest BCUT2D eigenvalue weighted by molar-refractivity contribution is 0.0927. The van der Waals surface area contributed by atoms with Crippen LogP contribution >= 0.6 is 0 Å². The summed E-state index contributed by atoms with van der Waals surface area (Å²) in [5.41, 5.74) is 4.17. The van der Waals surface area contributed by atoms with Crippen molar-refractivity contribution in [2.45, 2.75) is 65.8 Å². The number of aliphatic imine (C=N–C) groups is 2. The lowest BCUT2D eigenvalue weighted by Crippen LogP contribution is -2.36. The number of carbonyl (C=O) groups excluding carboxylic acids is 1. The molecule has 0 atom stereocenters. The maximum absolute atomic E-state index is 14.5. The summed E-state index contributed by atoms with van der Waals surface area (Å²) < 4.78 is 19.5. The van der Waals surface area contributed by atoms with Crippen LogP contribution in [0.5, 0.6) is 5.75 Å². The van der Waals surface area contributed by atoms with Crippen LogP contribution in [0.15, 0.2) is 64.9 Å². The van der Waals surface area contributed by atoms with E-state index in [-0.39, 0.29) is 23.5 Å². The number of rotatable bonds is 8. The molecular formula is C30H37FN4O2. The third-order valence-electron chi connectivity index (χ3n) is 6.49. The Kier molecular flexibility index (Phi) is 10.2. The normalized spacial score (nSPS) is 15.7. The fourth-order valence-corrected chi connectivity index (χ4v) is 4.29. The summed E-state index contributed by atoms with van der Waals surface area (Å²) in [7, 11) is 1.45. The van der Waals surface area contributed by atoms with Gasteiger partial charge < -0.3 is 15.4 Å². The van der Waals surface area contributed by atoms with Gasteiger partial charge in [-0.15, -0.1) is 0 Å². The van der Waals surface area contributed by atoms with Crippen molar-refractivity contribution >= 4 is 28.7 Å². The first-order valence-corrected chi connectivity index (χ1v) is 12.8. The SMILES string of the molecule is C\C=C/N=C(Nc1ccc(C(=O)NC2CCCCC2)cc1)\C(C)=N\C=C(/C)c1ccc(OC)c(F)c1C. The van der Waals surface area contributed by atoms with Gasteiger partial charge in [-0.25, -0.2) is 9.38 Å². The zero-order valence-electron chi connectivity index (χ0n) is 22.4. The number of hydrogen-bond acceptors (Lipinski definition) is 4. The Morgan fingerprint density at radius 3 is 2.41 bits per heavy atom. The highest BCUT2D eigenvalue weighted by atomic mass is 19.1. The number of nitrogens with one attached hydrogen (secondary N) is 2. The van der Waals surface area contributed by atoms with Gasteiger partial charge in [-0.3, -0.25) is 9.79 Å². The van der Waals surface area contributed by atoms with E-state index in [0.717, 1.165) is 29.7 Å².